The molecular weight excluding hydrogens is 160 g/mol. The molecule has 12 heavy (non-hydrogen) atoms. The van der Waals surface area contributed by atoms with Crippen LogP contribution >= 0.6 is 0 Å². The number of aldehydes is 2. The molecule has 4 nitrogen and oxygen atoms in total. The van der Waals surface area contributed by atoms with Crippen LogP contribution in [0, 0.1) is 0 Å². The zero-order valence-electron chi connectivity index (χ0n) is 7.36. The number of hydrogen-bond donors (Lipinski definition) is 0. The number of carbonyl (C=O) groups excluding carboxylic acids is 2. The summed E-state index contributed by atoms with van der Waals surface area (Å²) >= 11 is 0. The predicted molar refractivity (Wildman–Crippen MR) is 43.0 cm³/mol. The van der Waals surface area contributed by atoms with Crippen molar-refractivity contribution in [1.82, 2.24) is 0 Å². The van der Waals surface area contributed by atoms with E-state index in [2.05, 4.69) is 0 Å². The zero-order chi connectivity index (χ0) is 9.40. The molecule has 2 atom stereocenters. The Labute approximate surface area is 71.8 Å². The van der Waals surface area contributed by atoms with E-state index in [-0.39, 0.29) is 12.5 Å². The summed E-state index contributed by atoms with van der Waals surface area (Å²) in [7, 11) is 1.55. The highest BCUT2D eigenvalue weighted by molar-refractivity contribution is 5.63. The Balaban J connectivity index is 3.67. The molecule has 2 unspecified atom stereocenters. The average molecular weight is 174 g/mol. The molecule has 70 valence electrons. The lowest BCUT2D eigenvalue weighted by atomic mass is 10.3. The minimum Gasteiger partial charge on any atom is -0.382 e. The minimum atomic E-state index is -0.632. The first kappa shape index (κ1) is 11.3. The third-order valence-corrected chi connectivity index (χ3v) is 1.29. The molecule has 0 N–H and O–H groups in total. The fourth-order valence-electron chi connectivity index (χ4n) is 0.810. The van der Waals surface area contributed by atoms with Gasteiger partial charge in [-0.25, -0.2) is 0 Å². The van der Waals surface area contributed by atoms with Gasteiger partial charge < -0.3 is 19.1 Å². The molecule has 0 aromatic rings. The summed E-state index contributed by atoms with van der Waals surface area (Å²) in [5.74, 6) is 0. The lowest BCUT2D eigenvalue weighted by Gasteiger charge is -2.15. The van der Waals surface area contributed by atoms with E-state index in [1.54, 1.807) is 14.0 Å². The van der Waals surface area contributed by atoms with Gasteiger partial charge in [-0.3, -0.25) is 0 Å². The van der Waals surface area contributed by atoms with Gasteiger partial charge in [0.05, 0.1) is 12.7 Å². The van der Waals surface area contributed by atoms with Gasteiger partial charge in [-0.15, -0.1) is 0 Å². The van der Waals surface area contributed by atoms with Crippen LogP contribution in [0.5, 0.6) is 0 Å². The van der Waals surface area contributed by atoms with Gasteiger partial charge in [0, 0.05) is 13.5 Å². The van der Waals surface area contributed by atoms with Crippen LogP contribution in [0.1, 0.15) is 13.3 Å². The van der Waals surface area contributed by atoms with E-state index in [9.17, 15) is 9.59 Å². The van der Waals surface area contributed by atoms with Gasteiger partial charge in [-0.05, 0) is 6.92 Å². The Bertz CT molecular complexity index is 135. The van der Waals surface area contributed by atoms with Crippen LogP contribution in [0.4, 0.5) is 0 Å². The van der Waals surface area contributed by atoms with Crippen LogP contribution in [0.2, 0.25) is 0 Å². The van der Waals surface area contributed by atoms with Crippen LogP contribution in [0.25, 0.3) is 0 Å². The molecule has 0 rings (SSSR count). The molecule has 0 fully saturated rings. The summed E-state index contributed by atoms with van der Waals surface area (Å²) in [6.07, 6.45) is 0.606. The van der Waals surface area contributed by atoms with E-state index in [0.717, 1.165) is 0 Å². The van der Waals surface area contributed by atoms with Crippen molar-refractivity contribution in [2.75, 3.05) is 13.7 Å². The molecule has 0 saturated carbocycles. The smallest absolute Gasteiger partial charge is 0.149 e. The normalized spacial score (nSPS) is 15.2. The fraction of sp³-hybridized carbons (Fsp3) is 0.750. The summed E-state index contributed by atoms with van der Waals surface area (Å²) in [4.78, 5) is 20.4. The number of carbonyl (C=O) groups is 2. The van der Waals surface area contributed by atoms with E-state index in [4.69, 9.17) is 9.47 Å². The molecule has 0 radical (unpaired) electrons. The van der Waals surface area contributed by atoms with Crippen molar-refractivity contribution in [3.05, 3.63) is 0 Å². The Hall–Kier alpha value is -0.740. The van der Waals surface area contributed by atoms with Gasteiger partial charge in [0.25, 0.3) is 0 Å². The monoisotopic (exact) mass is 174 g/mol. The van der Waals surface area contributed by atoms with Crippen molar-refractivity contribution < 1.29 is 19.1 Å². The second-order valence-corrected chi connectivity index (χ2v) is 2.48. The molecular formula is C8H14O4. The van der Waals surface area contributed by atoms with Gasteiger partial charge in [0.15, 0.2) is 0 Å². The van der Waals surface area contributed by atoms with Crippen molar-refractivity contribution >= 4 is 12.6 Å². The molecule has 0 aromatic carbocycles. The first-order chi connectivity index (χ1) is 5.74. The molecule has 0 aliphatic heterocycles. The summed E-state index contributed by atoms with van der Waals surface area (Å²) in [5.41, 5.74) is 0. The highest BCUT2D eigenvalue weighted by Gasteiger charge is 2.11. The molecule has 0 heterocycles. The largest absolute Gasteiger partial charge is 0.382 e. The second-order valence-electron chi connectivity index (χ2n) is 2.48. The Morgan fingerprint density at radius 1 is 1.42 bits per heavy atom. The number of rotatable bonds is 7. The SMILES string of the molecule is COCC(C)OC(C=O)CC=O. The zero-order valence-corrected chi connectivity index (χ0v) is 7.36. The van der Waals surface area contributed by atoms with Crippen molar-refractivity contribution in [3.63, 3.8) is 0 Å². The molecule has 0 spiro atoms. The Morgan fingerprint density at radius 2 is 2.08 bits per heavy atom. The molecule has 0 aliphatic carbocycles. The van der Waals surface area contributed by atoms with Gasteiger partial charge in [0.2, 0.25) is 0 Å². The fourth-order valence-corrected chi connectivity index (χ4v) is 0.810. The minimum absolute atomic E-state index is 0.109. The first-order valence-corrected chi connectivity index (χ1v) is 3.78. The molecule has 0 amide bonds. The van der Waals surface area contributed by atoms with Gasteiger partial charge in [0.1, 0.15) is 18.7 Å². The standard InChI is InChI=1S/C8H14O4/c1-7(6-11-2)12-8(5-10)3-4-9/h4-5,7-8H,3,6H2,1-2H3. The maximum Gasteiger partial charge on any atom is 0.149 e. The van der Waals surface area contributed by atoms with Crippen LogP contribution in [-0.2, 0) is 19.1 Å². The maximum absolute atomic E-state index is 10.3. The van der Waals surface area contributed by atoms with Crippen LogP contribution in [-0.4, -0.2) is 38.5 Å². The van der Waals surface area contributed by atoms with Gasteiger partial charge >= 0.3 is 0 Å². The molecule has 4 heteroatoms. The lowest BCUT2D eigenvalue weighted by molar-refractivity contribution is -0.127. The Kier molecular flexibility index (Phi) is 6.51. The molecule has 0 bridgehead atoms. The van der Waals surface area contributed by atoms with E-state index in [1.165, 1.54) is 0 Å². The van der Waals surface area contributed by atoms with E-state index in [1.807, 2.05) is 0 Å². The second kappa shape index (κ2) is 6.94. The average Bonchev–Trinajstić information content (AvgIpc) is 2.04. The summed E-state index contributed by atoms with van der Waals surface area (Å²) in [6.45, 7) is 2.20. The third kappa shape index (κ3) is 4.98. The van der Waals surface area contributed by atoms with Crippen molar-refractivity contribution in [2.45, 2.75) is 25.6 Å². The topological polar surface area (TPSA) is 52.6 Å². The van der Waals surface area contributed by atoms with E-state index in [0.29, 0.717) is 19.2 Å². The van der Waals surface area contributed by atoms with Crippen molar-refractivity contribution in [3.8, 4) is 0 Å². The predicted octanol–water partition coefficient (Wildman–Crippen LogP) is 0.194. The third-order valence-electron chi connectivity index (χ3n) is 1.29. The van der Waals surface area contributed by atoms with E-state index >= 15 is 0 Å². The van der Waals surface area contributed by atoms with Crippen LogP contribution in [0.15, 0.2) is 0 Å². The number of methoxy groups -OCH3 is 1. The quantitative estimate of drug-likeness (QED) is 0.517. The number of ether oxygens (including phenoxy) is 2. The molecule has 0 saturated heterocycles. The summed E-state index contributed by atoms with van der Waals surface area (Å²) in [6, 6.07) is 0. The number of hydrogen-bond acceptors (Lipinski definition) is 4. The highest BCUT2D eigenvalue weighted by Crippen LogP contribution is 1.99. The van der Waals surface area contributed by atoms with Crippen molar-refractivity contribution in [1.29, 1.82) is 0 Å². The maximum atomic E-state index is 10.3. The highest BCUT2D eigenvalue weighted by atomic mass is 16.5. The summed E-state index contributed by atoms with van der Waals surface area (Å²) < 4.78 is 9.95. The summed E-state index contributed by atoms with van der Waals surface area (Å²) in [5, 5.41) is 0. The van der Waals surface area contributed by atoms with Crippen molar-refractivity contribution in [2.24, 2.45) is 0 Å². The van der Waals surface area contributed by atoms with E-state index < -0.39 is 6.10 Å². The molecule has 0 aromatic heterocycles. The Morgan fingerprint density at radius 3 is 2.50 bits per heavy atom. The first-order valence-electron chi connectivity index (χ1n) is 3.78. The van der Waals surface area contributed by atoms with Crippen LogP contribution < -0.4 is 0 Å². The van der Waals surface area contributed by atoms with Crippen LogP contribution in [0.3, 0.4) is 0 Å². The lowest BCUT2D eigenvalue weighted by Crippen LogP contribution is -2.24. The van der Waals surface area contributed by atoms with Gasteiger partial charge in [-0.2, -0.15) is 0 Å². The van der Waals surface area contributed by atoms with Gasteiger partial charge in [-0.1, -0.05) is 0 Å². The molecule has 0 aliphatic rings.